The molecule has 0 fully saturated rings. The van der Waals surface area contributed by atoms with Gasteiger partial charge < -0.3 is 9.67 Å². The minimum Gasteiger partial charge on any atom is -0.477 e. The summed E-state index contributed by atoms with van der Waals surface area (Å²) in [7, 11) is -2.19. The highest BCUT2D eigenvalue weighted by Crippen LogP contribution is 2.13. The lowest BCUT2D eigenvalue weighted by atomic mass is 10.4. The summed E-state index contributed by atoms with van der Waals surface area (Å²) in [4.78, 5) is 10.6. The Morgan fingerprint density at radius 3 is 2.75 bits per heavy atom. The average molecular weight is 244 g/mol. The fourth-order valence-electron chi connectivity index (χ4n) is 1.15. The van der Waals surface area contributed by atoms with Crippen LogP contribution in [0.25, 0.3) is 0 Å². The Kier molecular flexibility index (Phi) is 3.51. The van der Waals surface area contributed by atoms with E-state index in [0.717, 1.165) is 6.07 Å². The number of aromatic carboxylic acids is 1. The number of nitrogens with one attached hydrogen (secondary N) is 1. The molecule has 0 spiro atoms. The van der Waals surface area contributed by atoms with Crippen LogP contribution in [0, 0.1) is 0 Å². The van der Waals surface area contributed by atoms with E-state index in [0.29, 0.717) is 0 Å². The molecular formula is C9H12N2O4S. The van der Waals surface area contributed by atoms with E-state index in [2.05, 4.69) is 11.3 Å². The molecule has 0 aliphatic heterocycles. The summed E-state index contributed by atoms with van der Waals surface area (Å²) in [5.74, 6) is -1.17. The summed E-state index contributed by atoms with van der Waals surface area (Å²) in [5.41, 5.74) is -0.0843. The van der Waals surface area contributed by atoms with Crippen molar-refractivity contribution in [2.75, 3.05) is 6.54 Å². The Bertz CT molecular complexity index is 516. The van der Waals surface area contributed by atoms with Gasteiger partial charge in [-0.05, 0) is 6.07 Å². The summed E-state index contributed by atoms with van der Waals surface area (Å²) in [5, 5.41) is 8.77. The number of rotatable bonds is 5. The van der Waals surface area contributed by atoms with Crippen LogP contribution >= 0.6 is 0 Å². The first-order chi connectivity index (χ1) is 7.38. The SMILES string of the molecule is C=CCNS(=O)(=O)c1cc(C(=O)O)n(C)c1. The van der Waals surface area contributed by atoms with Gasteiger partial charge >= 0.3 is 5.97 Å². The molecule has 0 bridgehead atoms. The zero-order valence-electron chi connectivity index (χ0n) is 8.67. The van der Waals surface area contributed by atoms with Gasteiger partial charge in [0.15, 0.2) is 0 Å². The van der Waals surface area contributed by atoms with E-state index in [-0.39, 0.29) is 17.1 Å². The molecule has 1 aromatic heterocycles. The van der Waals surface area contributed by atoms with Gasteiger partial charge in [-0.3, -0.25) is 0 Å². The molecule has 0 saturated carbocycles. The van der Waals surface area contributed by atoms with E-state index in [1.165, 1.54) is 23.9 Å². The molecule has 0 saturated heterocycles. The van der Waals surface area contributed by atoms with Crippen LogP contribution < -0.4 is 4.72 Å². The molecule has 0 atom stereocenters. The highest BCUT2D eigenvalue weighted by molar-refractivity contribution is 7.89. The molecular weight excluding hydrogens is 232 g/mol. The molecule has 2 N–H and O–H groups in total. The Hall–Kier alpha value is -1.60. The first-order valence-corrected chi connectivity index (χ1v) is 5.87. The minimum atomic E-state index is -3.66. The summed E-state index contributed by atoms with van der Waals surface area (Å²) in [6.45, 7) is 3.48. The molecule has 6 nitrogen and oxygen atoms in total. The molecule has 0 aromatic carbocycles. The number of hydrogen-bond donors (Lipinski definition) is 2. The van der Waals surface area contributed by atoms with E-state index in [9.17, 15) is 13.2 Å². The van der Waals surface area contributed by atoms with Crippen LogP contribution in [0.5, 0.6) is 0 Å². The van der Waals surface area contributed by atoms with Crippen LogP contribution in [0.2, 0.25) is 0 Å². The van der Waals surface area contributed by atoms with Crippen molar-refractivity contribution in [2.24, 2.45) is 7.05 Å². The summed E-state index contributed by atoms with van der Waals surface area (Å²) in [6.07, 6.45) is 2.65. The van der Waals surface area contributed by atoms with E-state index in [1.807, 2.05) is 0 Å². The van der Waals surface area contributed by atoms with E-state index >= 15 is 0 Å². The van der Waals surface area contributed by atoms with Crippen LogP contribution in [-0.2, 0) is 17.1 Å². The third-order valence-electron chi connectivity index (χ3n) is 1.93. The Labute approximate surface area is 93.3 Å². The van der Waals surface area contributed by atoms with Gasteiger partial charge in [-0.25, -0.2) is 17.9 Å². The van der Waals surface area contributed by atoms with Gasteiger partial charge in [0, 0.05) is 19.8 Å². The Morgan fingerprint density at radius 2 is 2.31 bits per heavy atom. The molecule has 88 valence electrons. The number of carboxylic acids is 1. The minimum absolute atomic E-state index is 0.0748. The van der Waals surface area contributed by atoms with E-state index < -0.39 is 16.0 Å². The third-order valence-corrected chi connectivity index (χ3v) is 3.32. The van der Waals surface area contributed by atoms with Gasteiger partial charge in [0.05, 0.1) is 0 Å². The largest absolute Gasteiger partial charge is 0.477 e. The second-order valence-electron chi connectivity index (χ2n) is 3.12. The molecule has 1 rings (SSSR count). The number of carboxylic acid groups (broad SMARTS) is 1. The number of nitrogens with zero attached hydrogens (tertiary/aromatic N) is 1. The quantitative estimate of drug-likeness (QED) is 0.723. The molecule has 1 aromatic rings. The van der Waals surface area contributed by atoms with Crippen molar-refractivity contribution in [1.29, 1.82) is 0 Å². The highest BCUT2D eigenvalue weighted by atomic mass is 32.2. The van der Waals surface area contributed by atoms with Gasteiger partial charge in [0.2, 0.25) is 10.0 Å². The zero-order valence-corrected chi connectivity index (χ0v) is 9.49. The van der Waals surface area contributed by atoms with Crippen molar-refractivity contribution in [3.8, 4) is 0 Å². The van der Waals surface area contributed by atoms with E-state index in [4.69, 9.17) is 5.11 Å². The lowest BCUT2D eigenvalue weighted by molar-refractivity contribution is 0.0686. The normalized spacial score (nSPS) is 11.3. The Balaban J connectivity index is 3.10. The van der Waals surface area contributed by atoms with Crippen LogP contribution in [0.4, 0.5) is 0 Å². The first-order valence-electron chi connectivity index (χ1n) is 4.38. The highest BCUT2D eigenvalue weighted by Gasteiger charge is 2.19. The lowest BCUT2D eigenvalue weighted by Crippen LogP contribution is -2.23. The fourth-order valence-corrected chi connectivity index (χ4v) is 2.21. The van der Waals surface area contributed by atoms with Crippen LogP contribution in [0.15, 0.2) is 29.8 Å². The second kappa shape index (κ2) is 4.50. The van der Waals surface area contributed by atoms with Crippen molar-refractivity contribution in [2.45, 2.75) is 4.90 Å². The van der Waals surface area contributed by atoms with Crippen molar-refractivity contribution >= 4 is 16.0 Å². The predicted octanol–water partition coefficient (Wildman–Crippen LogP) is 0.188. The predicted molar refractivity (Wildman–Crippen MR) is 57.8 cm³/mol. The molecule has 0 aliphatic rings. The van der Waals surface area contributed by atoms with Crippen LogP contribution in [0.3, 0.4) is 0 Å². The maximum Gasteiger partial charge on any atom is 0.352 e. The van der Waals surface area contributed by atoms with Gasteiger partial charge in [0.1, 0.15) is 10.6 Å². The molecule has 0 radical (unpaired) electrons. The van der Waals surface area contributed by atoms with Gasteiger partial charge in [0.25, 0.3) is 0 Å². The number of aromatic nitrogens is 1. The van der Waals surface area contributed by atoms with Crippen LogP contribution in [0.1, 0.15) is 10.5 Å². The topological polar surface area (TPSA) is 88.4 Å². The van der Waals surface area contributed by atoms with Gasteiger partial charge in [-0.2, -0.15) is 0 Å². The standard InChI is InChI=1S/C9H12N2O4S/c1-3-4-10-16(14,15)7-5-8(9(12)13)11(2)6-7/h3,5-6,10H,1,4H2,2H3,(H,12,13). The molecule has 7 heteroatoms. The lowest BCUT2D eigenvalue weighted by Gasteiger charge is -2.00. The van der Waals surface area contributed by atoms with Crippen molar-refractivity contribution < 1.29 is 18.3 Å². The fraction of sp³-hybridized carbons (Fsp3) is 0.222. The van der Waals surface area contributed by atoms with Crippen molar-refractivity contribution in [3.05, 3.63) is 30.6 Å². The van der Waals surface area contributed by atoms with Crippen molar-refractivity contribution in [1.82, 2.24) is 9.29 Å². The first kappa shape index (κ1) is 12.5. The molecule has 16 heavy (non-hydrogen) atoms. The maximum absolute atomic E-state index is 11.6. The summed E-state index contributed by atoms with van der Waals surface area (Å²) >= 11 is 0. The molecule has 0 amide bonds. The maximum atomic E-state index is 11.6. The van der Waals surface area contributed by atoms with Crippen LogP contribution in [-0.4, -0.2) is 30.6 Å². The second-order valence-corrected chi connectivity index (χ2v) is 4.88. The monoisotopic (exact) mass is 244 g/mol. The molecule has 0 aliphatic carbocycles. The summed E-state index contributed by atoms with van der Waals surface area (Å²) in [6, 6.07) is 1.10. The third kappa shape index (κ3) is 2.50. The van der Waals surface area contributed by atoms with Gasteiger partial charge in [-0.15, -0.1) is 6.58 Å². The van der Waals surface area contributed by atoms with E-state index in [1.54, 1.807) is 0 Å². The molecule has 1 heterocycles. The summed E-state index contributed by atoms with van der Waals surface area (Å²) < 4.78 is 26.7. The average Bonchev–Trinajstić information content (AvgIpc) is 2.58. The van der Waals surface area contributed by atoms with Crippen molar-refractivity contribution in [3.63, 3.8) is 0 Å². The zero-order chi connectivity index (χ0) is 12.3. The number of sulfonamides is 1. The van der Waals surface area contributed by atoms with Gasteiger partial charge in [-0.1, -0.05) is 6.08 Å². The number of carbonyl (C=O) groups is 1. The smallest absolute Gasteiger partial charge is 0.352 e. The molecule has 0 unspecified atom stereocenters. The number of aryl methyl sites for hydroxylation is 1. The number of hydrogen-bond acceptors (Lipinski definition) is 3. The Morgan fingerprint density at radius 1 is 1.69 bits per heavy atom.